The molecule has 1 atom stereocenters. The molecule has 0 aromatic heterocycles. The predicted molar refractivity (Wildman–Crippen MR) is 120 cm³/mol. The van der Waals surface area contributed by atoms with Crippen LogP contribution in [0.15, 0.2) is 36.4 Å². The first kappa shape index (κ1) is 21.7. The Labute approximate surface area is 187 Å². The maximum absolute atomic E-state index is 13.0. The minimum Gasteiger partial charge on any atom is -0.493 e. The number of carbonyl (C=O) groups excluding carboxylic acids is 3. The van der Waals surface area contributed by atoms with Crippen LogP contribution in [0.3, 0.4) is 0 Å². The van der Waals surface area contributed by atoms with Crippen molar-refractivity contribution in [3.05, 3.63) is 47.5 Å². The number of nitrogens with zero attached hydrogens (tertiary/aromatic N) is 2. The average molecular weight is 437 g/mol. The van der Waals surface area contributed by atoms with E-state index in [0.29, 0.717) is 47.8 Å². The van der Waals surface area contributed by atoms with Gasteiger partial charge in [-0.15, -0.1) is 0 Å². The Morgan fingerprint density at radius 2 is 1.94 bits per heavy atom. The van der Waals surface area contributed by atoms with E-state index in [2.05, 4.69) is 5.32 Å². The third-order valence-corrected chi connectivity index (χ3v) is 5.92. The van der Waals surface area contributed by atoms with Crippen molar-refractivity contribution in [3.8, 4) is 11.5 Å². The second-order valence-electron chi connectivity index (χ2n) is 7.85. The van der Waals surface area contributed by atoms with Crippen LogP contribution in [0.1, 0.15) is 42.1 Å². The van der Waals surface area contributed by atoms with Crippen molar-refractivity contribution in [1.29, 1.82) is 0 Å². The highest BCUT2D eigenvalue weighted by Gasteiger charge is 2.44. The summed E-state index contributed by atoms with van der Waals surface area (Å²) in [6, 6.07) is 10.2. The van der Waals surface area contributed by atoms with Gasteiger partial charge in [0.1, 0.15) is 6.04 Å². The summed E-state index contributed by atoms with van der Waals surface area (Å²) in [5, 5.41) is 2.90. The van der Waals surface area contributed by atoms with Gasteiger partial charge in [0.15, 0.2) is 11.5 Å². The summed E-state index contributed by atoms with van der Waals surface area (Å²) in [6.45, 7) is 2.79. The molecule has 2 aliphatic rings. The molecule has 168 valence electrons. The van der Waals surface area contributed by atoms with Crippen molar-refractivity contribution >= 4 is 29.1 Å². The minimum atomic E-state index is -0.443. The Hall–Kier alpha value is -3.55. The number of amides is 3. The molecule has 0 spiro atoms. The highest BCUT2D eigenvalue weighted by Crippen LogP contribution is 2.41. The van der Waals surface area contributed by atoms with Gasteiger partial charge >= 0.3 is 0 Å². The largest absolute Gasteiger partial charge is 0.493 e. The number of para-hydroxylation sites is 1. The fourth-order valence-corrected chi connectivity index (χ4v) is 4.43. The summed E-state index contributed by atoms with van der Waals surface area (Å²) >= 11 is 0. The Balaban J connectivity index is 1.60. The zero-order chi connectivity index (χ0) is 22.8. The van der Waals surface area contributed by atoms with Crippen LogP contribution < -0.4 is 24.6 Å². The lowest BCUT2D eigenvalue weighted by molar-refractivity contribution is -0.122. The van der Waals surface area contributed by atoms with Gasteiger partial charge in [-0.2, -0.15) is 0 Å². The molecule has 0 unspecified atom stereocenters. The highest BCUT2D eigenvalue weighted by atomic mass is 16.5. The van der Waals surface area contributed by atoms with Gasteiger partial charge in [0.05, 0.1) is 25.6 Å². The smallest absolute Gasteiger partial charge is 0.251 e. The quantitative estimate of drug-likeness (QED) is 0.720. The van der Waals surface area contributed by atoms with Crippen LogP contribution in [-0.4, -0.2) is 44.5 Å². The van der Waals surface area contributed by atoms with E-state index >= 15 is 0 Å². The van der Waals surface area contributed by atoms with Crippen molar-refractivity contribution in [2.24, 2.45) is 0 Å². The molecule has 2 aromatic rings. The van der Waals surface area contributed by atoms with E-state index in [1.807, 2.05) is 19.1 Å². The standard InChI is InChI=1S/C24H27N3O5/c1-4-12-26-19-13-15(8-9-17(19)27-18(24(26)30)10-11-21(27)28)23(29)25-14-16-6-5-7-20(31-2)22(16)32-3/h5-9,13,18H,4,10-12,14H2,1-3H3,(H,25,29)/t18-/m0/s1. The number of hydrogen-bond donors (Lipinski definition) is 1. The molecule has 32 heavy (non-hydrogen) atoms. The summed E-state index contributed by atoms with van der Waals surface area (Å²) in [7, 11) is 3.12. The van der Waals surface area contributed by atoms with Crippen LogP contribution >= 0.6 is 0 Å². The number of benzene rings is 2. The molecule has 8 heteroatoms. The third-order valence-electron chi connectivity index (χ3n) is 5.92. The third kappa shape index (κ3) is 3.66. The van der Waals surface area contributed by atoms with E-state index in [1.54, 1.807) is 48.3 Å². The molecule has 2 aliphatic heterocycles. The van der Waals surface area contributed by atoms with Gasteiger partial charge in [0.2, 0.25) is 11.8 Å². The monoisotopic (exact) mass is 437 g/mol. The molecular formula is C24H27N3O5. The first-order chi connectivity index (χ1) is 15.5. The Morgan fingerprint density at radius 1 is 1.12 bits per heavy atom. The summed E-state index contributed by atoms with van der Waals surface area (Å²) in [5.74, 6) is 0.744. The van der Waals surface area contributed by atoms with Crippen molar-refractivity contribution in [2.45, 2.75) is 38.8 Å². The van der Waals surface area contributed by atoms with Gasteiger partial charge in [0, 0.05) is 30.6 Å². The fourth-order valence-electron chi connectivity index (χ4n) is 4.43. The van der Waals surface area contributed by atoms with E-state index < -0.39 is 6.04 Å². The van der Waals surface area contributed by atoms with Gasteiger partial charge in [-0.3, -0.25) is 19.3 Å². The maximum atomic E-state index is 13.0. The van der Waals surface area contributed by atoms with Crippen LogP contribution in [0.25, 0.3) is 0 Å². The summed E-state index contributed by atoms with van der Waals surface area (Å²) in [5.41, 5.74) is 2.50. The number of nitrogens with one attached hydrogen (secondary N) is 1. The fraction of sp³-hybridized carbons (Fsp3) is 0.375. The van der Waals surface area contributed by atoms with Gasteiger partial charge in [-0.25, -0.2) is 0 Å². The van der Waals surface area contributed by atoms with Crippen LogP contribution in [0.5, 0.6) is 11.5 Å². The lowest BCUT2D eigenvalue weighted by atomic mass is 10.0. The molecule has 1 saturated heterocycles. The molecule has 0 bridgehead atoms. The maximum Gasteiger partial charge on any atom is 0.251 e. The van der Waals surface area contributed by atoms with Crippen LogP contribution in [0.2, 0.25) is 0 Å². The van der Waals surface area contributed by atoms with E-state index in [9.17, 15) is 14.4 Å². The van der Waals surface area contributed by atoms with Crippen molar-refractivity contribution < 1.29 is 23.9 Å². The normalized spacial score (nSPS) is 17.2. The number of carbonyl (C=O) groups is 3. The number of rotatable bonds is 7. The Morgan fingerprint density at radius 3 is 2.66 bits per heavy atom. The highest BCUT2D eigenvalue weighted by molar-refractivity contribution is 6.15. The second-order valence-corrected chi connectivity index (χ2v) is 7.85. The van der Waals surface area contributed by atoms with Crippen LogP contribution in [0.4, 0.5) is 11.4 Å². The van der Waals surface area contributed by atoms with E-state index in [-0.39, 0.29) is 24.3 Å². The number of fused-ring (bicyclic) bond motifs is 3. The molecule has 2 aromatic carbocycles. The van der Waals surface area contributed by atoms with Crippen LogP contribution in [-0.2, 0) is 16.1 Å². The topological polar surface area (TPSA) is 88.2 Å². The van der Waals surface area contributed by atoms with E-state index in [4.69, 9.17) is 9.47 Å². The zero-order valence-corrected chi connectivity index (χ0v) is 18.5. The van der Waals surface area contributed by atoms with Gasteiger partial charge in [0.25, 0.3) is 5.91 Å². The van der Waals surface area contributed by atoms with Crippen molar-refractivity contribution in [2.75, 3.05) is 30.6 Å². The number of hydrogen-bond acceptors (Lipinski definition) is 5. The first-order valence-corrected chi connectivity index (χ1v) is 10.8. The molecule has 0 saturated carbocycles. The molecule has 1 N–H and O–H groups in total. The summed E-state index contributed by atoms with van der Waals surface area (Å²) in [6.07, 6.45) is 1.67. The minimum absolute atomic E-state index is 0.0527. The number of ether oxygens (including phenoxy) is 2. The number of anilines is 2. The second kappa shape index (κ2) is 8.90. The van der Waals surface area contributed by atoms with Gasteiger partial charge in [-0.05, 0) is 37.1 Å². The molecule has 8 nitrogen and oxygen atoms in total. The predicted octanol–water partition coefficient (Wildman–Crippen LogP) is 2.89. The Bertz CT molecular complexity index is 1070. The molecule has 0 radical (unpaired) electrons. The lowest BCUT2D eigenvalue weighted by Crippen LogP contribution is -2.52. The molecule has 1 fully saturated rings. The molecule has 3 amide bonds. The zero-order valence-electron chi connectivity index (χ0n) is 18.5. The molecule has 2 heterocycles. The van der Waals surface area contributed by atoms with Gasteiger partial charge < -0.3 is 19.7 Å². The van der Waals surface area contributed by atoms with Crippen molar-refractivity contribution in [3.63, 3.8) is 0 Å². The van der Waals surface area contributed by atoms with Crippen molar-refractivity contribution in [1.82, 2.24) is 5.32 Å². The van der Waals surface area contributed by atoms with E-state index in [0.717, 1.165) is 12.0 Å². The van der Waals surface area contributed by atoms with E-state index in [1.165, 1.54) is 0 Å². The molecular weight excluding hydrogens is 410 g/mol. The lowest BCUT2D eigenvalue weighted by Gasteiger charge is -2.38. The number of methoxy groups -OCH3 is 2. The Kier molecular flexibility index (Phi) is 6.03. The SMILES string of the molecule is CCCN1C(=O)[C@@H]2CCC(=O)N2c2ccc(C(=O)NCc3cccc(OC)c3OC)cc21. The summed E-state index contributed by atoms with van der Waals surface area (Å²) in [4.78, 5) is 41.7. The average Bonchev–Trinajstić information content (AvgIpc) is 3.21. The van der Waals surface area contributed by atoms with Crippen LogP contribution in [0, 0.1) is 0 Å². The molecule has 4 rings (SSSR count). The summed E-state index contributed by atoms with van der Waals surface area (Å²) < 4.78 is 10.7. The van der Waals surface area contributed by atoms with Gasteiger partial charge in [-0.1, -0.05) is 19.1 Å². The molecule has 0 aliphatic carbocycles. The first-order valence-electron chi connectivity index (χ1n) is 10.8.